The van der Waals surface area contributed by atoms with Gasteiger partial charge in [-0.15, -0.1) is 0 Å². The third kappa shape index (κ3) is 4.82. The summed E-state index contributed by atoms with van der Waals surface area (Å²) in [4.78, 5) is 36.7. The van der Waals surface area contributed by atoms with Crippen LogP contribution in [0, 0.1) is 11.8 Å². The molecule has 37 heavy (non-hydrogen) atoms. The number of fused-ring (bicyclic) bond motifs is 2. The van der Waals surface area contributed by atoms with Gasteiger partial charge >= 0.3 is 0 Å². The first-order chi connectivity index (χ1) is 17.8. The summed E-state index contributed by atoms with van der Waals surface area (Å²) in [7, 11) is 0. The molecule has 0 radical (unpaired) electrons. The number of amides is 2. The molecule has 10 heteroatoms. The number of nitrogens with one attached hydrogen (secondary N) is 2. The highest BCUT2D eigenvalue weighted by molar-refractivity contribution is 5.97. The third-order valence-electron chi connectivity index (χ3n) is 8.80. The Morgan fingerprint density at radius 2 is 1.89 bits per heavy atom. The van der Waals surface area contributed by atoms with E-state index in [2.05, 4.69) is 25.4 Å². The number of piperazine rings is 1. The van der Waals surface area contributed by atoms with E-state index in [0.717, 1.165) is 37.7 Å². The van der Waals surface area contributed by atoms with E-state index in [1.54, 1.807) is 6.07 Å². The second-order valence-electron chi connectivity index (χ2n) is 11.7. The first-order valence-corrected chi connectivity index (χ1v) is 13.7. The number of aliphatic hydroxyl groups is 1. The van der Waals surface area contributed by atoms with Crippen LogP contribution in [0.25, 0.3) is 11.1 Å². The molecule has 6 rings (SSSR count). The summed E-state index contributed by atoms with van der Waals surface area (Å²) in [5.41, 5.74) is 1.18. The maximum Gasteiger partial charge on any atom is 0.298 e. The number of oxazole rings is 1. The van der Waals surface area contributed by atoms with E-state index in [9.17, 15) is 14.7 Å². The Bertz CT molecular complexity index is 1170. The summed E-state index contributed by atoms with van der Waals surface area (Å²) in [6.45, 7) is 7.79. The normalized spacial score (nSPS) is 29.4. The third-order valence-corrected chi connectivity index (χ3v) is 8.80. The summed E-state index contributed by atoms with van der Waals surface area (Å²) in [5.74, 6) is 0.402. The van der Waals surface area contributed by atoms with Crippen molar-refractivity contribution in [1.82, 2.24) is 25.4 Å². The van der Waals surface area contributed by atoms with Crippen molar-refractivity contribution in [3.05, 3.63) is 23.8 Å². The van der Waals surface area contributed by atoms with Crippen LogP contribution >= 0.6 is 0 Å². The number of rotatable bonds is 4. The summed E-state index contributed by atoms with van der Waals surface area (Å²) < 4.78 is 6.05. The summed E-state index contributed by atoms with van der Waals surface area (Å²) >= 11 is 0. The van der Waals surface area contributed by atoms with Crippen LogP contribution in [0.15, 0.2) is 22.6 Å². The Morgan fingerprint density at radius 1 is 1.11 bits per heavy atom. The molecule has 1 saturated carbocycles. The van der Waals surface area contributed by atoms with Gasteiger partial charge in [0.2, 0.25) is 5.91 Å². The highest BCUT2D eigenvalue weighted by Crippen LogP contribution is 2.32. The highest BCUT2D eigenvalue weighted by Gasteiger charge is 2.40. The van der Waals surface area contributed by atoms with Crippen molar-refractivity contribution in [3.8, 4) is 0 Å². The minimum atomic E-state index is -0.735. The molecule has 3 saturated heterocycles. The number of aromatic nitrogens is 1. The van der Waals surface area contributed by atoms with Crippen LogP contribution in [0.1, 0.15) is 56.3 Å². The van der Waals surface area contributed by atoms with Crippen LogP contribution < -0.4 is 15.5 Å². The Labute approximate surface area is 217 Å². The number of hydrogen-bond acceptors (Lipinski definition) is 8. The van der Waals surface area contributed by atoms with Crippen molar-refractivity contribution in [2.75, 3.05) is 44.2 Å². The van der Waals surface area contributed by atoms with Gasteiger partial charge in [0.15, 0.2) is 5.58 Å². The lowest BCUT2D eigenvalue weighted by atomic mass is 9.82. The fourth-order valence-electron chi connectivity index (χ4n) is 6.38. The van der Waals surface area contributed by atoms with Gasteiger partial charge in [-0.1, -0.05) is 12.8 Å². The van der Waals surface area contributed by atoms with E-state index in [4.69, 9.17) is 4.42 Å². The Morgan fingerprint density at radius 3 is 2.65 bits per heavy atom. The minimum absolute atomic E-state index is 0.0178. The Kier molecular flexibility index (Phi) is 6.37. The minimum Gasteiger partial charge on any atom is -0.423 e. The zero-order chi connectivity index (χ0) is 25.7. The molecule has 1 aromatic heterocycles. The van der Waals surface area contributed by atoms with E-state index in [1.165, 1.54) is 6.42 Å². The van der Waals surface area contributed by atoms with Gasteiger partial charge in [-0.05, 0) is 51.3 Å². The van der Waals surface area contributed by atoms with E-state index in [0.29, 0.717) is 49.9 Å². The smallest absolute Gasteiger partial charge is 0.298 e. The lowest BCUT2D eigenvalue weighted by molar-refractivity contribution is -0.134. The molecule has 0 spiro atoms. The van der Waals surface area contributed by atoms with Crippen molar-refractivity contribution in [2.24, 2.45) is 11.8 Å². The molecule has 10 nitrogen and oxygen atoms in total. The quantitative estimate of drug-likeness (QED) is 0.570. The zero-order valence-electron chi connectivity index (χ0n) is 21.8. The molecule has 4 fully saturated rings. The Balaban J connectivity index is 1.08. The number of benzene rings is 1. The molecule has 4 aliphatic rings. The van der Waals surface area contributed by atoms with Crippen LogP contribution in [0.3, 0.4) is 0 Å². The SMILES string of the molecule is CC(C)(O)C1CCN(c2nc3ccc(C(=O)N4CCN(C5NC(=O)C6CCCCC6N5)CC4)cc3o2)C1. The molecule has 4 heterocycles. The first kappa shape index (κ1) is 24.6. The van der Waals surface area contributed by atoms with E-state index >= 15 is 0 Å². The van der Waals surface area contributed by atoms with Crippen LogP contribution in [0.2, 0.25) is 0 Å². The Hall–Kier alpha value is -2.69. The van der Waals surface area contributed by atoms with Gasteiger partial charge < -0.3 is 24.6 Å². The van der Waals surface area contributed by atoms with E-state index < -0.39 is 5.60 Å². The predicted octanol–water partition coefficient (Wildman–Crippen LogP) is 1.74. The largest absolute Gasteiger partial charge is 0.423 e. The van der Waals surface area contributed by atoms with Gasteiger partial charge in [-0.3, -0.25) is 19.8 Å². The van der Waals surface area contributed by atoms with Gasteiger partial charge in [0.1, 0.15) is 11.8 Å². The lowest BCUT2D eigenvalue weighted by Gasteiger charge is -2.46. The monoisotopic (exact) mass is 510 g/mol. The molecule has 200 valence electrons. The maximum absolute atomic E-state index is 13.3. The summed E-state index contributed by atoms with van der Waals surface area (Å²) in [6.07, 6.45) is 5.05. The van der Waals surface area contributed by atoms with Crippen molar-refractivity contribution >= 4 is 28.9 Å². The van der Waals surface area contributed by atoms with Crippen molar-refractivity contribution < 1.29 is 19.1 Å². The van der Waals surface area contributed by atoms with Gasteiger partial charge in [0, 0.05) is 56.8 Å². The second-order valence-corrected chi connectivity index (χ2v) is 11.7. The van der Waals surface area contributed by atoms with Crippen molar-refractivity contribution in [1.29, 1.82) is 0 Å². The highest BCUT2D eigenvalue weighted by atomic mass is 16.4. The van der Waals surface area contributed by atoms with Gasteiger partial charge in [-0.2, -0.15) is 4.98 Å². The number of hydrogen-bond donors (Lipinski definition) is 3. The molecule has 3 N–H and O–H groups in total. The van der Waals surface area contributed by atoms with Gasteiger partial charge in [0.25, 0.3) is 11.9 Å². The average Bonchev–Trinajstić information content (AvgIpc) is 3.55. The summed E-state index contributed by atoms with van der Waals surface area (Å²) in [5, 5.41) is 17.1. The van der Waals surface area contributed by atoms with E-state index in [-0.39, 0.29) is 36.0 Å². The average molecular weight is 511 g/mol. The van der Waals surface area contributed by atoms with Crippen LogP contribution in [0.4, 0.5) is 6.01 Å². The fourth-order valence-corrected chi connectivity index (χ4v) is 6.38. The van der Waals surface area contributed by atoms with Gasteiger partial charge in [-0.25, -0.2) is 0 Å². The molecule has 0 bridgehead atoms. The number of carbonyl (C=O) groups excluding carboxylic acids is 2. The van der Waals surface area contributed by atoms with E-state index in [1.807, 2.05) is 30.9 Å². The molecule has 3 aliphatic heterocycles. The molecular formula is C27H38N6O4. The fraction of sp³-hybridized carbons (Fsp3) is 0.667. The second kappa shape index (κ2) is 9.56. The molecule has 2 amide bonds. The van der Waals surface area contributed by atoms with Crippen LogP contribution in [-0.2, 0) is 4.79 Å². The molecular weight excluding hydrogens is 472 g/mol. The summed E-state index contributed by atoms with van der Waals surface area (Å²) in [6, 6.07) is 6.25. The van der Waals surface area contributed by atoms with Gasteiger partial charge in [0.05, 0.1) is 11.5 Å². The predicted molar refractivity (Wildman–Crippen MR) is 139 cm³/mol. The molecule has 1 aliphatic carbocycles. The number of nitrogens with zero attached hydrogens (tertiary/aromatic N) is 4. The number of carbonyl (C=O) groups is 2. The number of anilines is 1. The molecule has 4 atom stereocenters. The van der Waals surface area contributed by atoms with Crippen LogP contribution in [-0.4, -0.2) is 88.9 Å². The van der Waals surface area contributed by atoms with Crippen molar-refractivity contribution in [3.63, 3.8) is 0 Å². The molecule has 2 aromatic rings. The topological polar surface area (TPSA) is 114 Å². The van der Waals surface area contributed by atoms with Crippen LogP contribution in [0.5, 0.6) is 0 Å². The molecule has 1 aromatic carbocycles. The standard InChI is InChI=1S/C27H38N6O4/c1-27(2,36)18-9-10-33(16-18)26-29-21-8-7-17(15-22(21)37-26)24(35)31-11-13-32(14-12-31)25-28-20-6-4-3-5-19(20)23(34)30-25/h7-8,15,18-20,25,28,36H,3-6,9-14,16H2,1-2H3,(H,30,34). The lowest BCUT2D eigenvalue weighted by Crippen LogP contribution is -2.69. The molecule has 4 unspecified atom stereocenters. The first-order valence-electron chi connectivity index (χ1n) is 13.7. The zero-order valence-corrected chi connectivity index (χ0v) is 21.8. The van der Waals surface area contributed by atoms with Crippen molar-refractivity contribution in [2.45, 2.75) is 63.9 Å². The maximum atomic E-state index is 13.3.